The van der Waals surface area contributed by atoms with Gasteiger partial charge in [-0.1, -0.05) is 12.8 Å². The molecule has 0 spiro atoms. The molecule has 2 aromatic heterocycles. The molecule has 20 heavy (non-hydrogen) atoms. The average Bonchev–Trinajstić information content (AvgIpc) is 2.99. The molecule has 0 radical (unpaired) electrons. The number of nitrogens with one attached hydrogen (secondary N) is 1. The summed E-state index contributed by atoms with van der Waals surface area (Å²) in [6, 6.07) is 1.65. The fraction of sp³-hybridized carbons (Fsp3) is 0.533. The van der Waals surface area contributed by atoms with Crippen molar-refractivity contribution in [1.82, 2.24) is 19.7 Å². The van der Waals surface area contributed by atoms with Crippen LogP contribution >= 0.6 is 0 Å². The Bertz CT molecular complexity index is 692. The molecule has 0 unspecified atom stereocenters. The van der Waals surface area contributed by atoms with Gasteiger partial charge in [0.15, 0.2) is 0 Å². The van der Waals surface area contributed by atoms with Crippen molar-refractivity contribution in [3.8, 4) is 11.4 Å². The minimum Gasteiger partial charge on any atom is -0.306 e. The summed E-state index contributed by atoms with van der Waals surface area (Å²) in [5.74, 6) is 1.09. The van der Waals surface area contributed by atoms with Gasteiger partial charge in [-0.25, -0.2) is 4.98 Å². The van der Waals surface area contributed by atoms with E-state index in [1.807, 2.05) is 25.6 Å². The average molecular weight is 272 g/mol. The Hall–Kier alpha value is -1.91. The Kier molecular flexibility index (Phi) is 3.20. The first-order chi connectivity index (χ1) is 9.56. The Balaban J connectivity index is 2.12. The van der Waals surface area contributed by atoms with Crippen molar-refractivity contribution in [2.45, 2.75) is 45.4 Å². The molecule has 0 atom stereocenters. The lowest BCUT2D eigenvalue weighted by atomic mass is 10.0. The summed E-state index contributed by atoms with van der Waals surface area (Å²) in [6.45, 7) is 3.95. The van der Waals surface area contributed by atoms with Gasteiger partial charge < -0.3 is 4.98 Å². The van der Waals surface area contributed by atoms with Gasteiger partial charge in [-0.05, 0) is 26.7 Å². The number of aromatic amines is 1. The van der Waals surface area contributed by atoms with E-state index in [0.29, 0.717) is 11.7 Å². The van der Waals surface area contributed by atoms with E-state index in [9.17, 15) is 4.79 Å². The van der Waals surface area contributed by atoms with Crippen LogP contribution in [0.15, 0.2) is 10.9 Å². The van der Waals surface area contributed by atoms with Gasteiger partial charge >= 0.3 is 0 Å². The van der Waals surface area contributed by atoms with Crippen LogP contribution in [0.25, 0.3) is 11.4 Å². The van der Waals surface area contributed by atoms with Crippen LogP contribution in [0, 0.1) is 13.8 Å². The van der Waals surface area contributed by atoms with E-state index in [0.717, 1.165) is 35.5 Å². The van der Waals surface area contributed by atoms with Gasteiger partial charge in [0, 0.05) is 24.7 Å². The molecule has 0 aliphatic heterocycles. The number of hydrogen-bond donors (Lipinski definition) is 1. The maximum Gasteiger partial charge on any atom is 0.251 e. The predicted octanol–water partition coefficient (Wildman–Crippen LogP) is 2.44. The summed E-state index contributed by atoms with van der Waals surface area (Å²) in [6.07, 6.45) is 4.75. The summed E-state index contributed by atoms with van der Waals surface area (Å²) in [4.78, 5) is 19.5. The second-order valence-corrected chi connectivity index (χ2v) is 5.67. The third-order valence-electron chi connectivity index (χ3n) is 4.28. The second kappa shape index (κ2) is 4.89. The predicted molar refractivity (Wildman–Crippen MR) is 77.7 cm³/mol. The lowest BCUT2D eigenvalue weighted by Gasteiger charge is -2.10. The van der Waals surface area contributed by atoms with Crippen LogP contribution in [0.4, 0.5) is 0 Å². The van der Waals surface area contributed by atoms with Gasteiger partial charge in [0.05, 0.1) is 17.0 Å². The first kappa shape index (κ1) is 13.1. The largest absolute Gasteiger partial charge is 0.306 e. The molecule has 1 N–H and O–H groups in total. The molecule has 1 aliphatic rings. The molecule has 1 fully saturated rings. The quantitative estimate of drug-likeness (QED) is 0.913. The molecule has 0 aromatic carbocycles. The maximum absolute atomic E-state index is 11.9. The van der Waals surface area contributed by atoms with E-state index in [4.69, 9.17) is 4.98 Å². The Morgan fingerprint density at radius 3 is 2.60 bits per heavy atom. The van der Waals surface area contributed by atoms with Crippen molar-refractivity contribution in [2.75, 3.05) is 0 Å². The summed E-state index contributed by atoms with van der Waals surface area (Å²) >= 11 is 0. The van der Waals surface area contributed by atoms with E-state index >= 15 is 0 Å². The highest BCUT2D eigenvalue weighted by molar-refractivity contribution is 5.61. The second-order valence-electron chi connectivity index (χ2n) is 5.67. The Morgan fingerprint density at radius 1 is 1.30 bits per heavy atom. The smallest absolute Gasteiger partial charge is 0.251 e. The SMILES string of the molecule is Cc1nn(C)c(C)c1-c1nc(C2CCCC2)cc(=O)[nH]1. The molecule has 2 heterocycles. The van der Waals surface area contributed by atoms with Gasteiger partial charge in [0.25, 0.3) is 5.56 Å². The number of rotatable bonds is 2. The van der Waals surface area contributed by atoms with E-state index in [1.165, 1.54) is 12.8 Å². The molecule has 0 saturated heterocycles. The van der Waals surface area contributed by atoms with E-state index in [-0.39, 0.29) is 5.56 Å². The van der Waals surface area contributed by atoms with Crippen molar-refractivity contribution < 1.29 is 0 Å². The molecule has 1 saturated carbocycles. The molecule has 0 amide bonds. The summed E-state index contributed by atoms with van der Waals surface area (Å²) in [7, 11) is 1.91. The number of H-pyrrole nitrogens is 1. The van der Waals surface area contributed by atoms with Crippen molar-refractivity contribution in [3.05, 3.63) is 33.5 Å². The standard InChI is InChI=1S/C15H20N4O/c1-9-14(10(2)19(3)18-9)15-16-12(8-13(20)17-15)11-6-4-5-7-11/h8,11H,4-7H2,1-3H3,(H,16,17,20). The fourth-order valence-electron chi connectivity index (χ4n) is 3.14. The molecule has 3 rings (SSSR count). The minimum absolute atomic E-state index is 0.0699. The van der Waals surface area contributed by atoms with Gasteiger partial charge in [-0.15, -0.1) is 0 Å². The summed E-state index contributed by atoms with van der Waals surface area (Å²) in [5.41, 5.74) is 3.74. The summed E-state index contributed by atoms with van der Waals surface area (Å²) < 4.78 is 1.83. The van der Waals surface area contributed by atoms with Crippen LogP contribution in [0.2, 0.25) is 0 Å². The molecular formula is C15H20N4O. The maximum atomic E-state index is 11.9. The monoisotopic (exact) mass is 272 g/mol. The highest BCUT2D eigenvalue weighted by atomic mass is 16.1. The normalized spacial score (nSPS) is 15.9. The number of nitrogens with zero attached hydrogens (tertiary/aromatic N) is 3. The molecule has 2 aromatic rings. The molecule has 1 aliphatic carbocycles. The highest BCUT2D eigenvalue weighted by Crippen LogP contribution is 2.33. The van der Waals surface area contributed by atoms with Crippen LogP contribution in [-0.2, 0) is 7.05 Å². The van der Waals surface area contributed by atoms with Crippen molar-refractivity contribution in [3.63, 3.8) is 0 Å². The zero-order chi connectivity index (χ0) is 14.3. The van der Waals surface area contributed by atoms with E-state index < -0.39 is 0 Å². The Labute approximate surface area is 118 Å². The third kappa shape index (κ3) is 2.17. The first-order valence-electron chi connectivity index (χ1n) is 7.18. The third-order valence-corrected chi connectivity index (χ3v) is 4.28. The van der Waals surface area contributed by atoms with Crippen LogP contribution in [0.3, 0.4) is 0 Å². The zero-order valence-corrected chi connectivity index (χ0v) is 12.2. The molecule has 5 heteroatoms. The summed E-state index contributed by atoms with van der Waals surface area (Å²) in [5, 5.41) is 4.40. The van der Waals surface area contributed by atoms with Crippen LogP contribution in [0.1, 0.15) is 48.7 Å². The van der Waals surface area contributed by atoms with Crippen LogP contribution in [-0.4, -0.2) is 19.7 Å². The van der Waals surface area contributed by atoms with Gasteiger partial charge in [0.2, 0.25) is 0 Å². The van der Waals surface area contributed by atoms with Crippen molar-refractivity contribution in [1.29, 1.82) is 0 Å². The Morgan fingerprint density at radius 2 is 2.00 bits per heavy atom. The van der Waals surface area contributed by atoms with Crippen LogP contribution < -0.4 is 5.56 Å². The van der Waals surface area contributed by atoms with Crippen molar-refractivity contribution >= 4 is 0 Å². The molecule has 106 valence electrons. The minimum atomic E-state index is -0.0699. The highest BCUT2D eigenvalue weighted by Gasteiger charge is 2.21. The van der Waals surface area contributed by atoms with Gasteiger partial charge in [-0.3, -0.25) is 9.48 Å². The molecular weight excluding hydrogens is 252 g/mol. The fourth-order valence-corrected chi connectivity index (χ4v) is 3.14. The molecule has 5 nitrogen and oxygen atoms in total. The van der Waals surface area contributed by atoms with Crippen molar-refractivity contribution in [2.24, 2.45) is 7.05 Å². The van der Waals surface area contributed by atoms with Gasteiger partial charge in [-0.2, -0.15) is 5.10 Å². The number of hydrogen-bond acceptors (Lipinski definition) is 3. The van der Waals surface area contributed by atoms with Crippen LogP contribution in [0.5, 0.6) is 0 Å². The topological polar surface area (TPSA) is 63.6 Å². The number of aryl methyl sites for hydroxylation is 2. The zero-order valence-electron chi connectivity index (χ0n) is 12.2. The lowest BCUT2D eigenvalue weighted by molar-refractivity contribution is 0.693. The molecule has 0 bridgehead atoms. The van der Waals surface area contributed by atoms with E-state index in [1.54, 1.807) is 6.07 Å². The van der Waals surface area contributed by atoms with Gasteiger partial charge in [0.1, 0.15) is 5.82 Å². The van der Waals surface area contributed by atoms with E-state index in [2.05, 4.69) is 10.1 Å². The number of aromatic nitrogens is 4. The lowest BCUT2D eigenvalue weighted by Crippen LogP contribution is -2.12. The first-order valence-corrected chi connectivity index (χ1v) is 7.18.